The molecular weight excluding hydrogens is 552 g/mol. The van der Waals surface area contributed by atoms with E-state index in [9.17, 15) is 14.7 Å². The average Bonchev–Trinajstić information content (AvgIpc) is 3.50. The van der Waals surface area contributed by atoms with Gasteiger partial charge in [-0.2, -0.15) is 0 Å². The minimum absolute atomic E-state index is 0.128. The third kappa shape index (κ3) is 4.49. The van der Waals surface area contributed by atoms with E-state index in [1.807, 2.05) is 59.9 Å². The Morgan fingerprint density at radius 1 is 1.16 bits per heavy atom. The number of aromatic nitrogens is 2. The van der Waals surface area contributed by atoms with E-state index in [1.54, 1.807) is 4.90 Å². The summed E-state index contributed by atoms with van der Waals surface area (Å²) in [4.78, 5) is 37.2. The molecule has 4 aromatic rings. The first-order valence-electron chi connectivity index (χ1n) is 12.5. The summed E-state index contributed by atoms with van der Waals surface area (Å²) in [7, 11) is 0. The molecule has 0 spiro atoms. The second-order valence-electron chi connectivity index (χ2n) is 9.16. The fourth-order valence-electron chi connectivity index (χ4n) is 5.14. The molecule has 37 heavy (non-hydrogen) atoms. The summed E-state index contributed by atoms with van der Waals surface area (Å²) >= 11 is 4.81. The smallest absolute Gasteiger partial charge is 0.290 e. The molecule has 1 N–H and O–H groups in total. The predicted octanol–water partition coefficient (Wildman–Crippen LogP) is 5.93. The van der Waals surface area contributed by atoms with Gasteiger partial charge in [0.15, 0.2) is 10.7 Å². The number of Topliss-reactive ketones (excluding diaryl/α,β-unsaturated/α-hetero) is 1. The Kier molecular flexibility index (Phi) is 7.20. The lowest BCUT2D eigenvalue weighted by molar-refractivity contribution is -0.129. The van der Waals surface area contributed by atoms with Gasteiger partial charge in [-0.1, -0.05) is 65.4 Å². The van der Waals surface area contributed by atoms with Crippen molar-refractivity contribution >= 4 is 55.0 Å². The first-order chi connectivity index (χ1) is 17.8. The summed E-state index contributed by atoms with van der Waals surface area (Å²) in [5.74, 6) is -1.30. The van der Waals surface area contributed by atoms with Crippen molar-refractivity contribution in [2.24, 2.45) is 0 Å². The van der Waals surface area contributed by atoms with Crippen LogP contribution in [0.5, 0.6) is 0 Å². The fraction of sp³-hybridized carbons (Fsp3) is 0.321. The first kappa shape index (κ1) is 25.6. The van der Waals surface area contributed by atoms with Crippen molar-refractivity contribution in [3.63, 3.8) is 0 Å². The minimum atomic E-state index is -0.667. The molecule has 3 heterocycles. The standard InChI is InChI=1S/C28H29BrN4O3S/c1-4-31(5-2)14-9-15-32-23(18-10-8-11-19(29)16-18)22(25(35)27(32)36)24(34)26-17(3)33-21-13-7-6-12-20(21)30-28(33)37-26/h6-8,10-13,16,23,35H,4-5,9,14-15H2,1-3H3. The number of aliphatic hydroxyl groups excluding tert-OH is 1. The number of rotatable bonds is 9. The van der Waals surface area contributed by atoms with E-state index < -0.39 is 17.7 Å². The maximum atomic E-state index is 14.1. The first-order valence-corrected chi connectivity index (χ1v) is 14.1. The number of nitrogens with zero attached hydrogens (tertiary/aromatic N) is 4. The molecule has 1 unspecified atom stereocenters. The van der Waals surface area contributed by atoms with Crippen molar-refractivity contribution in [1.29, 1.82) is 0 Å². The van der Waals surface area contributed by atoms with Gasteiger partial charge >= 0.3 is 0 Å². The van der Waals surface area contributed by atoms with Crippen LogP contribution in [0.1, 0.15) is 47.2 Å². The molecule has 0 aliphatic carbocycles. The van der Waals surface area contributed by atoms with Crippen molar-refractivity contribution in [1.82, 2.24) is 19.2 Å². The second kappa shape index (κ2) is 10.4. The van der Waals surface area contributed by atoms with Crippen LogP contribution in [0, 0.1) is 6.92 Å². The number of halogens is 1. The van der Waals surface area contributed by atoms with Gasteiger partial charge in [0.2, 0.25) is 5.78 Å². The molecule has 1 aliphatic rings. The molecule has 1 aliphatic heterocycles. The highest BCUT2D eigenvalue weighted by Crippen LogP contribution is 2.41. The van der Waals surface area contributed by atoms with Crippen molar-refractivity contribution < 1.29 is 14.7 Å². The molecule has 0 fully saturated rings. The lowest BCUT2D eigenvalue weighted by Gasteiger charge is -2.28. The van der Waals surface area contributed by atoms with E-state index in [4.69, 9.17) is 0 Å². The van der Waals surface area contributed by atoms with Gasteiger partial charge in [-0.25, -0.2) is 4.98 Å². The minimum Gasteiger partial charge on any atom is -0.503 e. The number of benzene rings is 2. The van der Waals surface area contributed by atoms with Crippen LogP contribution in [0.2, 0.25) is 0 Å². The lowest BCUT2D eigenvalue weighted by atomic mass is 9.95. The van der Waals surface area contributed by atoms with Gasteiger partial charge in [0.05, 0.1) is 27.5 Å². The Morgan fingerprint density at radius 3 is 2.65 bits per heavy atom. The third-order valence-electron chi connectivity index (χ3n) is 7.07. The Morgan fingerprint density at radius 2 is 1.92 bits per heavy atom. The van der Waals surface area contributed by atoms with Crippen molar-refractivity contribution in [2.75, 3.05) is 26.2 Å². The zero-order valence-electron chi connectivity index (χ0n) is 21.1. The molecule has 0 saturated carbocycles. The van der Waals surface area contributed by atoms with Gasteiger partial charge in [-0.3, -0.25) is 14.0 Å². The highest BCUT2D eigenvalue weighted by Gasteiger charge is 2.44. The zero-order chi connectivity index (χ0) is 26.3. The Bertz CT molecular complexity index is 1540. The van der Waals surface area contributed by atoms with E-state index in [1.165, 1.54) is 11.3 Å². The molecule has 0 radical (unpaired) electrons. The molecule has 0 saturated heterocycles. The number of carbonyl (C=O) groups excluding carboxylic acids is 2. The maximum absolute atomic E-state index is 14.1. The number of hydrogen-bond donors (Lipinski definition) is 1. The van der Waals surface area contributed by atoms with Crippen LogP contribution in [0.15, 0.2) is 64.3 Å². The number of amides is 1. The van der Waals surface area contributed by atoms with Crippen LogP contribution >= 0.6 is 27.3 Å². The van der Waals surface area contributed by atoms with Crippen LogP contribution in [0.25, 0.3) is 16.0 Å². The molecule has 192 valence electrons. The van der Waals surface area contributed by atoms with Gasteiger partial charge in [0.1, 0.15) is 0 Å². The molecule has 7 nitrogen and oxygen atoms in total. The SMILES string of the molecule is CCN(CC)CCCN1C(=O)C(O)=C(C(=O)c2sc3nc4ccccc4n3c2C)C1c1cccc(Br)c1. The molecule has 9 heteroatoms. The molecule has 2 aromatic carbocycles. The number of aliphatic hydroxyl groups is 1. The van der Waals surface area contributed by atoms with Gasteiger partial charge < -0.3 is 14.9 Å². The highest BCUT2D eigenvalue weighted by molar-refractivity contribution is 9.10. The van der Waals surface area contributed by atoms with E-state index in [2.05, 4.69) is 39.7 Å². The monoisotopic (exact) mass is 580 g/mol. The number of para-hydroxylation sites is 2. The van der Waals surface area contributed by atoms with E-state index in [-0.39, 0.29) is 11.4 Å². The van der Waals surface area contributed by atoms with Gasteiger partial charge in [0.25, 0.3) is 5.91 Å². The molecule has 2 aromatic heterocycles. The summed E-state index contributed by atoms with van der Waals surface area (Å²) in [5, 5.41) is 11.1. The Labute approximate surface area is 228 Å². The average molecular weight is 582 g/mol. The topological polar surface area (TPSA) is 78.2 Å². The number of thiazole rings is 1. The largest absolute Gasteiger partial charge is 0.503 e. The summed E-state index contributed by atoms with van der Waals surface area (Å²) in [6.07, 6.45) is 0.741. The molecule has 1 atom stereocenters. The van der Waals surface area contributed by atoms with Crippen molar-refractivity contribution in [3.8, 4) is 0 Å². The highest BCUT2D eigenvalue weighted by atomic mass is 79.9. The number of carbonyl (C=O) groups is 2. The molecule has 1 amide bonds. The van der Waals surface area contributed by atoms with Gasteiger partial charge in [-0.05, 0) is 62.8 Å². The van der Waals surface area contributed by atoms with Gasteiger partial charge in [0, 0.05) is 16.7 Å². The van der Waals surface area contributed by atoms with Crippen LogP contribution in [-0.4, -0.2) is 62.2 Å². The van der Waals surface area contributed by atoms with Crippen LogP contribution < -0.4 is 0 Å². The summed E-state index contributed by atoms with van der Waals surface area (Å²) < 4.78 is 2.81. The van der Waals surface area contributed by atoms with Gasteiger partial charge in [-0.15, -0.1) is 0 Å². The van der Waals surface area contributed by atoms with E-state index >= 15 is 0 Å². The van der Waals surface area contributed by atoms with E-state index in [0.29, 0.717) is 16.4 Å². The molecule has 0 bridgehead atoms. The van der Waals surface area contributed by atoms with Crippen molar-refractivity contribution in [3.05, 3.63) is 80.5 Å². The Hall–Kier alpha value is -3.01. The third-order valence-corrected chi connectivity index (χ3v) is 8.71. The zero-order valence-corrected chi connectivity index (χ0v) is 23.5. The Balaban J connectivity index is 1.55. The van der Waals surface area contributed by atoms with Crippen LogP contribution in [-0.2, 0) is 4.79 Å². The molecular formula is C28H29BrN4O3S. The quantitative estimate of drug-likeness (QED) is 0.248. The lowest BCUT2D eigenvalue weighted by Crippen LogP contribution is -2.34. The number of aryl methyl sites for hydroxylation is 1. The molecule has 5 rings (SSSR count). The number of imidazole rings is 1. The summed E-state index contributed by atoms with van der Waals surface area (Å²) in [6, 6.07) is 14.7. The van der Waals surface area contributed by atoms with Crippen LogP contribution in [0.3, 0.4) is 0 Å². The maximum Gasteiger partial charge on any atom is 0.290 e. The second-order valence-corrected chi connectivity index (χ2v) is 11.1. The van der Waals surface area contributed by atoms with Crippen LogP contribution in [0.4, 0.5) is 0 Å². The van der Waals surface area contributed by atoms with E-state index in [0.717, 1.165) is 52.8 Å². The normalized spacial score (nSPS) is 16.2. The number of hydrogen-bond acceptors (Lipinski definition) is 6. The summed E-state index contributed by atoms with van der Waals surface area (Å²) in [5.41, 5.74) is 3.44. The summed E-state index contributed by atoms with van der Waals surface area (Å²) in [6.45, 7) is 9.24. The number of fused-ring (bicyclic) bond motifs is 3. The number of ketones is 1. The fourth-order valence-corrected chi connectivity index (χ4v) is 6.65. The predicted molar refractivity (Wildman–Crippen MR) is 150 cm³/mol. The van der Waals surface area contributed by atoms with Crippen molar-refractivity contribution in [2.45, 2.75) is 33.2 Å².